The number of hydrogen-bond donors (Lipinski definition) is 0. The smallest absolute Gasteiger partial charge is 0.257 e. The van der Waals surface area contributed by atoms with Gasteiger partial charge in [0, 0.05) is 19.6 Å². The number of para-hydroxylation sites is 2. The number of amides is 1. The second-order valence-corrected chi connectivity index (χ2v) is 7.44. The van der Waals surface area contributed by atoms with E-state index >= 15 is 0 Å². The van der Waals surface area contributed by atoms with Crippen LogP contribution >= 0.6 is 11.8 Å². The largest absolute Gasteiger partial charge is 0.431 e. The molecule has 0 spiro atoms. The molecule has 1 unspecified atom stereocenters. The van der Waals surface area contributed by atoms with Crippen molar-refractivity contribution in [2.45, 2.75) is 11.3 Å². The second-order valence-electron chi connectivity index (χ2n) is 6.51. The normalized spacial score (nSPS) is 18.3. The zero-order valence-electron chi connectivity index (χ0n) is 14.7. The van der Waals surface area contributed by atoms with Crippen molar-refractivity contribution in [3.8, 4) is 0 Å². The lowest BCUT2D eigenvalue weighted by molar-refractivity contribution is -0.133. The van der Waals surface area contributed by atoms with Gasteiger partial charge in [0.2, 0.25) is 5.91 Å². The van der Waals surface area contributed by atoms with Crippen LogP contribution in [0.15, 0.2) is 64.2 Å². The third kappa shape index (κ3) is 3.61. The molecule has 26 heavy (non-hydrogen) atoms. The first-order valence-corrected chi connectivity index (χ1v) is 9.70. The highest BCUT2D eigenvalue weighted by atomic mass is 32.2. The molecule has 0 N–H and O–H groups in total. The van der Waals surface area contributed by atoms with Crippen LogP contribution in [0.1, 0.15) is 11.6 Å². The predicted molar refractivity (Wildman–Crippen MR) is 103 cm³/mol. The van der Waals surface area contributed by atoms with E-state index in [1.807, 2.05) is 47.4 Å². The summed E-state index contributed by atoms with van der Waals surface area (Å²) in [5, 5.41) is 0.546. The van der Waals surface area contributed by atoms with E-state index < -0.39 is 0 Å². The van der Waals surface area contributed by atoms with Crippen LogP contribution in [0, 0.1) is 0 Å². The van der Waals surface area contributed by atoms with Crippen LogP contribution in [-0.2, 0) is 4.79 Å². The van der Waals surface area contributed by atoms with Crippen molar-refractivity contribution >= 4 is 28.8 Å². The standard InChI is InChI=1S/C20H21N3O2S/c1-22-11-12-23(17(13-22)15-7-3-2-4-8-15)19(24)14-26-20-21-16-9-5-6-10-18(16)25-20/h2-10,17H,11-14H2,1H3. The maximum absolute atomic E-state index is 12.9. The highest BCUT2D eigenvalue weighted by Crippen LogP contribution is 2.28. The predicted octanol–water partition coefficient (Wildman–Crippen LogP) is 3.44. The number of fused-ring (bicyclic) bond motifs is 1. The van der Waals surface area contributed by atoms with Gasteiger partial charge in [0.15, 0.2) is 5.58 Å². The minimum atomic E-state index is 0.0895. The number of rotatable bonds is 4. The summed E-state index contributed by atoms with van der Waals surface area (Å²) < 4.78 is 5.71. The van der Waals surface area contributed by atoms with Gasteiger partial charge in [-0.15, -0.1) is 0 Å². The Labute approximate surface area is 157 Å². The summed E-state index contributed by atoms with van der Waals surface area (Å²) in [6.07, 6.45) is 0. The average Bonchev–Trinajstić information content (AvgIpc) is 3.10. The summed E-state index contributed by atoms with van der Waals surface area (Å²) in [6.45, 7) is 2.48. The lowest BCUT2D eigenvalue weighted by Gasteiger charge is -2.40. The number of benzene rings is 2. The van der Waals surface area contributed by atoms with Crippen molar-refractivity contribution < 1.29 is 9.21 Å². The van der Waals surface area contributed by atoms with Crippen LogP contribution in [0.2, 0.25) is 0 Å². The Bertz CT molecular complexity index is 863. The van der Waals surface area contributed by atoms with Gasteiger partial charge < -0.3 is 14.2 Å². The van der Waals surface area contributed by atoms with E-state index in [9.17, 15) is 4.79 Å². The fourth-order valence-electron chi connectivity index (χ4n) is 3.30. The number of thioether (sulfide) groups is 1. The zero-order valence-corrected chi connectivity index (χ0v) is 15.5. The van der Waals surface area contributed by atoms with E-state index in [0.29, 0.717) is 11.0 Å². The number of carbonyl (C=O) groups is 1. The molecule has 1 atom stereocenters. The highest BCUT2D eigenvalue weighted by Gasteiger charge is 2.30. The number of aromatic nitrogens is 1. The Kier molecular flexibility index (Phi) is 4.95. The lowest BCUT2D eigenvalue weighted by atomic mass is 10.0. The Morgan fingerprint density at radius 1 is 1.15 bits per heavy atom. The second kappa shape index (κ2) is 7.51. The van der Waals surface area contributed by atoms with Crippen molar-refractivity contribution in [2.24, 2.45) is 0 Å². The van der Waals surface area contributed by atoms with Crippen molar-refractivity contribution in [1.82, 2.24) is 14.8 Å². The van der Waals surface area contributed by atoms with E-state index in [1.165, 1.54) is 17.3 Å². The summed E-state index contributed by atoms with van der Waals surface area (Å²) in [6, 6.07) is 18.0. The molecule has 2 heterocycles. The van der Waals surface area contributed by atoms with E-state index in [-0.39, 0.29) is 11.9 Å². The monoisotopic (exact) mass is 367 g/mol. The van der Waals surface area contributed by atoms with Gasteiger partial charge in [-0.1, -0.05) is 54.2 Å². The minimum absolute atomic E-state index is 0.0895. The number of piperazine rings is 1. The van der Waals surface area contributed by atoms with Crippen LogP contribution in [0.5, 0.6) is 0 Å². The molecule has 1 amide bonds. The topological polar surface area (TPSA) is 49.6 Å². The molecule has 4 rings (SSSR count). The molecule has 0 bridgehead atoms. The molecule has 2 aromatic carbocycles. The summed E-state index contributed by atoms with van der Waals surface area (Å²) in [5.74, 6) is 0.457. The van der Waals surface area contributed by atoms with Gasteiger partial charge in [-0.25, -0.2) is 4.98 Å². The number of likely N-dealkylation sites (N-methyl/N-ethyl adjacent to an activating group) is 1. The molecule has 1 saturated heterocycles. The molecule has 1 aromatic heterocycles. The van der Waals surface area contributed by atoms with Crippen LogP contribution in [0.25, 0.3) is 11.1 Å². The number of hydrogen-bond acceptors (Lipinski definition) is 5. The van der Waals surface area contributed by atoms with Gasteiger partial charge in [0.1, 0.15) is 5.52 Å². The van der Waals surface area contributed by atoms with Gasteiger partial charge in [0.05, 0.1) is 11.8 Å². The molecule has 1 aliphatic heterocycles. The summed E-state index contributed by atoms with van der Waals surface area (Å²) in [7, 11) is 2.10. The van der Waals surface area contributed by atoms with Crippen molar-refractivity contribution in [3.05, 3.63) is 60.2 Å². The van der Waals surface area contributed by atoms with Gasteiger partial charge in [-0.05, 0) is 24.7 Å². The fraction of sp³-hybridized carbons (Fsp3) is 0.300. The molecular weight excluding hydrogens is 346 g/mol. The summed E-state index contributed by atoms with van der Waals surface area (Å²) in [4.78, 5) is 21.6. The number of oxazole rings is 1. The first-order chi connectivity index (χ1) is 12.7. The molecule has 134 valence electrons. The molecule has 6 heteroatoms. The molecule has 3 aromatic rings. The average molecular weight is 367 g/mol. The molecule has 0 radical (unpaired) electrons. The minimum Gasteiger partial charge on any atom is -0.431 e. The zero-order chi connectivity index (χ0) is 17.9. The third-order valence-electron chi connectivity index (χ3n) is 4.68. The molecular formula is C20H21N3O2S. The summed E-state index contributed by atoms with van der Waals surface area (Å²) >= 11 is 1.36. The lowest BCUT2D eigenvalue weighted by Crippen LogP contribution is -2.49. The van der Waals surface area contributed by atoms with Crippen molar-refractivity contribution in [2.75, 3.05) is 32.4 Å². The third-order valence-corrected chi connectivity index (χ3v) is 5.49. The van der Waals surface area contributed by atoms with E-state index in [4.69, 9.17) is 4.42 Å². The fourth-order valence-corrected chi connectivity index (χ4v) is 4.02. The van der Waals surface area contributed by atoms with Crippen LogP contribution in [0.3, 0.4) is 0 Å². The van der Waals surface area contributed by atoms with E-state index in [1.54, 1.807) is 0 Å². The van der Waals surface area contributed by atoms with Gasteiger partial charge in [-0.3, -0.25) is 4.79 Å². The Morgan fingerprint density at radius 2 is 1.92 bits per heavy atom. The maximum Gasteiger partial charge on any atom is 0.257 e. The molecule has 1 aliphatic rings. The SMILES string of the molecule is CN1CCN(C(=O)CSc2nc3ccccc3o2)C(c2ccccc2)C1. The first kappa shape index (κ1) is 17.1. The van der Waals surface area contributed by atoms with Crippen LogP contribution in [-0.4, -0.2) is 53.1 Å². The van der Waals surface area contributed by atoms with Crippen molar-refractivity contribution in [1.29, 1.82) is 0 Å². The highest BCUT2D eigenvalue weighted by molar-refractivity contribution is 7.99. The quantitative estimate of drug-likeness (QED) is 0.661. The Balaban J connectivity index is 1.46. The first-order valence-electron chi connectivity index (χ1n) is 8.72. The number of carbonyl (C=O) groups excluding carboxylic acids is 1. The number of nitrogens with zero attached hydrogens (tertiary/aromatic N) is 3. The van der Waals surface area contributed by atoms with Gasteiger partial charge in [-0.2, -0.15) is 0 Å². The maximum atomic E-state index is 12.9. The van der Waals surface area contributed by atoms with Crippen LogP contribution in [0.4, 0.5) is 0 Å². The molecule has 1 fully saturated rings. The van der Waals surface area contributed by atoms with Crippen molar-refractivity contribution in [3.63, 3.8) is 0 Å². The molecule has 0 saturated carbocycles. The summed E-state index contributed by atoms with van der Waals surface area (Å²) in [5.41, 5.74) is 2.76. The van der Waals surface area contributed by atoms with Gasteiger partial charge >= 0.3 is 0 Å². The Morgan fingerprint density at radius 3 is 2.73 bits per heavy atom. The van der Waals surface area contributed by atoms with E-state index in [0.717, 1.165) is 30.7 Å². The Hall–Kier alpha value is -2.31. The molecule has 5 nitrogen and oxygen atoms in total. The van der Waals surface area contributed by atoms with Gasteiger partial charge in [0.25, 0.3) is 5.22 Å². The molecule has 0 aliphatic carbocycles. The van der Waals surface area contributed by atoms with E-state index in [2.05, 4.69) is 29.1 Å². The van der Waals surface area contributed by atoms with Crippen LogP contribution < -0.4 is 0 Å².